The van der Waals surface area contributed by atoms with Crippen molar-refractivity contribution in [1.82, 2.24) is 4.98 Å². The highest BCUT2D eigenvalue weighted by atomic mass is 16.3. The van der Waals surface area contributed by atoms with E-state index in [4.69, 9.17) is 0 Å². The normalized spacial score (nSPS) is 11.3. The number of fused-ring (bicyclic) bond motifs is 1. The van der Waals surface area contributed by atoms with Crippen LogP contribution >= 0.6 is 0 Å². The Balaban J connectivity index is 1.81. The third kappa shape index (κ3) is 2.80. The van der Waals surface area contributed by atoms with E-state index in [9.17, 15) is 15.0 Å². The number of aromatic nitrogens is 1. The maximum absolute atomic E-state index is 11.8. The minimum absolute atomic E-state index is 0.0288. The first kappa shape index (κ1) is 13.8. The van der Waals surface area contributed by atoms with E-state index in [0.29, 0.717) is 10.9 Å². The van der Waals surface area contributed by atoms with Crippen molar-refractivity contribution in [1.29, 1.82) is 0 Å². The zero-order valence-electron chi connectivity index (χ0n) is 11.5. The Hall–Kier alpha value is -3.15. The Kier molecular flexibility index (Phi) is 3.57. The number of phenols is 1. The molecule has 3 aromatic rings. The van der Waals surface area contributed by atoms with Crippen LogP contribution in [0.5, 0.6) is 11.6 Å². The van der Waals surface area contributed by atoms with Crippen LogP contribution in [0.1, 0.15) is 5.56 Å². The summed E-state index contributed by atoms with van der Waals surface area (Å²) in [7, 11) is 0. The molecule has 3 rings (SSSR count). The molecule has 1 aromatic heterocycles. The molecule has 1 amide bonds. The number of aromatic amines is 1. The van der Waals surface area contributed by atoms with E-state index in [0.717, 1.165) is 5.52 Å². The Morgan fingerprint density at radius 2 is 1.91 bits per heavy atom. The van der Waals surface area contributed by atoms with E-state index in [1.165, 1.54) is 12.1 Å². The lowest BCUT2D eigenvalue weighted by Crippen LogP contribution is -1.97. The van der Waals surface area contributed by atoms with Gasteiger partial charge in [0, 0.05) is 5.39 Å². The number of nitrogens with one attached hydrogen (secondary N) is 1. The fraction of sp³-hybridized carbons (Fsp3) is 0.0625. The van der Waals surface area contributed by atoms with Crippen LogP contribution in [-0.2, 0) is 11.2 Å². The van der Waals surface area contributed by atoms with Crippen LogP contribution in [0, 0.1) is 0 Å². The van der Waals surface area contributed by atoms with Crippen LogP contribution in [0.2, 0.25) is 0 Å². The number of phenolic OH excluding ortho intramolecular Hbond substituents is 1. The third-order valence-corrected chi connectivity index (χ3v) is 3.19. The molecule has 3 N–H and O–H groups in total. The van der Waals surface area contributed by atoms with Crippen molar-refractivity contribution in [3.8, 4) is 11.6 Å². The number of H-pyrrole nitrogens is 1. The van der Waals surface area contributed by atoms with Crippen molar-refractivity contribution < 1.29 is 15.0 Å². The monoisotopic (exact) mass is 295 g/mol. The number of rotatable bonds is 3. The minimum Gasteiger partial charge on any atom is -0.508 e. The zero-order chi connectivity index (χ0) is 15.5. The first-order chi connectivity index (χ1) is 10.6. The molecule has 6 nitrogen and oxygen atoms in total. The highest BCUT2D eigenvalue weighted by Gasteiger charge is 2.10. The van der Waals surface area contributed by atoms with E-state index in [-0.39, 0.29) is 23.7 Å². The zero-order valence-corrected chi connectivity index (χ0v) is 11.5. The summed E-state index contributed by atoms with van der Waals surface area (Å²) in [4.78, 5) is 14.6. The third-order valence-electron chi connectivity index (χ3n) is 3.19. The fourth-order valence-corrected chi connectivity index (χ4v) is 2.20. The van der Waals surface area contributed by atoms with E-state index in [1.807, 2.05) is 12.1 Å². The molecule has 0 spiro atoms. The second-order valence-electron chi connectivity index (χ2n) is 4.81. The number of amides is 1. The number of carbonyl (C=O) groups is 1. The van der Waals surface area contributed by atoms with Crippen molar-refractivity contribution in [2.45, 2.75) is 6.42 Å². The van der Waals surface area contributed by atoms with Crippen molar-refractivity contribution in [2.24, 2.45) is 10.2 Å². The number of aromatic hydroxyl groups is 2. The van der Waals surface area contributed by atoms with Gasteiger partial charge in [0.05, 0.1) is 11.9 Å². The number of carbonyl (C=O) groups excluding carboxylic acids is 1. The number of hydrogen-bond acceptors (Lipinski definition) is 4. The van der Waals surface area contributed by atoms with Crippen molar-refractivity contribution in [3.05, 3.63) is 54.1 Å². The van der Waals surface area contributed by atoms with Crippen LogP contribution in [0.4, 0.5) is 5.69 Å². The summed E-state index contributed by atoms with van der Waals surface area (Å²) >= 11 is 0. The summed E-state index contributed by atoms with van der Waals surface area (Å²) in [6.45, 7) is 0. The SMILES string of the molecule is O=C(Cc1cccc(O)c1)N=Nc1c(O)[nH]c2ccccc12. The van der Waals surface area contributed by atoms with Gasteiger partial charge in [-0.1, -0.05) is 30.3 Å². The van der Waals surface area contributed by atoms with Crippen LogP contribution in [0.15, 0.2) is 58.8 Å². The van der Waals surface area contributed by atoms with Gasteiger partial charge >= 0.3 is 0 Å². The summed E-state index contributed by atoms with van der Waals surface area (Å²) in [5.41, 5.74) is 1.60. The molecule has 22 heavy (non-hydrogen) atoms. The van der Waals surface area contributed by atoms with E-state index in [2.05, 4.69) is 15.2 Å². The molecular formula is C16H13N3O3. The molecule has 110 valence electrons. The molecule has 0 bridgehead atoms. The molecule has 0 radical (unpaired) electrons. The number of nitrogens with zero attached hydrogens (tertiary/aromatic N) is 2. The molecule has 0 atom stereocenters. The lowest BCUT2D eigenvalue weighted by molar-refractivity contribution is -0.117. The predicted molar refractivity (Wildman–Crippen MR) is 81.3 cm³/mol. The smallest absolute Gasteiger partial charge is 0.269 e. The second-order valence-corrected chi connectivity index (χ2v) is 4.81. The van der Waals surface area contributed by atoms with Crippen LogP contribution < -0.4 is 0 Å². The van der Waals surface area contributed by atoms with Gasteiger partial charge in [0.15, 0.2) is 5.69 Å². The second kappa shape index (κ2) is 5.69. The van der Waals surface area contributed by atoms with Gasteiger partial charge in [0.2, 0.25) is 5.88 Å². The van der Waals surface area contributed by atoms with Crippen molar-refractivity contribution >= 4 is 22.5 Å². The average molecular weight is 295 g/mol. The molecule has 0 fully saturated rings. The molecule has 1 heterocycles. The first-order valence-electron chi connectivity index (χ1n) is 6.65. The number of azo groups is 1. The fourth-order valence-electron chi connectivity index (χ4n) is 2.20. The molecule has 0 aliphatic rings. The lowest BCUT2D eigenvalue weighted by Gasteiger charge is -1.97. The van der Waals surface area contributed by atoms with Gasteiger partial charge in [0.1, 0.15) is 5.75 Å². The van der Waals surface area contributed by atoms with Gasteiger partial charge < -0.3 is 15.2 Å². The number of para-hydroxylation sites is 1. The van der Waals surface area contributed by atoms with E-state index >= 15 is 0 Å². The minimum atomic E-state index is -0.463. The lowest BCUT2D eigenvalue weighted by atomic mass is 10.1. The van der Waals surface area contributed by atoms with Gasteiger partial charge in [0.25, 0.3) is 5.91 Å². The Bertz CT molecular complexity index is 868. The summed E-state index contributed by atoms with van der Waals surface area (Å²) in [5, 5.41) is 27.3. The molecule has 0 saturated carbocycles. The Labute approximate surface area is 125 Å². The predicted octanol–water partition coefficient (Wildman–Crippen LogP) is 3.43. The maximum Gasteiger partial charge on any atom is 0.269 e. The Morgan fingerprint density at radius 3 is 2.73 bits per heavy atom. The summed E-state index contributed by atoms with van der Waals surface area (Å²) in [6, 6.07) is 13.6. The highest BCUT2D eigenvalue weighted by molar-refractivity contribution is 5.94. The van der Waals surface area contributed by atoms with E-state index < -0.39 is 5.91 Å². The standard InChI is InChI=1S/C16H13N3O3/c20-11-5-3-4-10(8-11)9-14(21)18-19-15-12-6-1-2-7-13(12)17-16(15)22/h1-8,17,20,22H,9H2. The number of benzene rings is 2. The van der Waals surface area contributed by atoms with Gasteiger partial charge in [-0.05, 0) is 23.8 Å². The molecule has 0 unspecified atom stereocenters. The quantitative estimate of drug-likeness (QED) is 0.645. The van der Waals surface area contributed by atoms with Gasteiger partial charge in [-0.3, -0.25) is 4.79 Å². The summed E-state index contributed by atoms with van der Waals surface area (Å²) in [5.74, 6) is -0.498. The maximum atomic E-state index is 11.8. The molecule has 0 aliphatic heterocycles. The largest absolute Gasteiger partial charge is 0.508 e. The summed E-state index contributed by atoms with van der Waals surface area (Å²) < 4.78 is 0. The van der Waals surface area contributed by atoms with Gasteiger partial charge in [-0.2, -0.15) is 0 Å². The van der Waals surface area contributed by atoms with Gasteiger partial charge in [-0.25, -0.2) is 0 Å². The average Bonchev–Trinajstić information content (AvgIpc) is 2.80. The van der Waals surface area contributed by atoms with Crippen LogP contribution in [-0.4, -0.2) is 21.1 Å². The molecule has 0 aliphatic carbocycles. The van der Waals surface area contributed by atoms with Gasteiger partial charge in [-0.15, -0.1) is 10.2 Å². The van der Waals surface area contributed by atoms with Crippen molar-refractivity contribution in [2.75, 3.05) is 0 Å². The summed E-state index contributed by atoms with van der Waals surface area (Å²) in [6.07, 6.45) is 0.0288. The van der Waals surface area contributed by atoms with E-state index in [1.54, 1.807) is 24.3 Å². The molecular weight excluding hydrogens is 282 g/mol. The van der Waals surface area contributed by atoms with Crippen LogP contribution in [0.3, 0.4) is 0 Å². The Morgan fingerprint density at radius 1 is 1.09 bits per heavy atom. The molecule has 6 heteroatoms. The van der Waals surface area contributed by atoms with Crippen LogP contribution in [0.25, 0.3) is 10.9 Å². The highest BCUT2D eigenvalue weighted by Crippen LogP contribution is 2.35. The first-order valence-corrected chi connectivity index (χ1v) is 6.65. The molecule has 2 aromatic carbocycles. The molecule has 0 saturated heterocycles. The van der Waals surface area contributed by atoms with Crippen molar-refractivity contribution in [3.63, 3.8) is 0 Å². The topological polar surface area (TPSA) is 98.0 Å². The number of hydrogen-bond donors (Lipinski definition) is 3.